The number of carbonyl (C=O) groups excluding carboxylic acids is 1. The van der Waals surface area contributed by atoms with E-state index >= 15 is 0 Å². The Labute approximate surface area is 124 Å². The number of hydrogen-bond acceptors (Lipinski definition) is 4. The van der Waals surface area contributed by atoms with Crippen LogP contribution in [0, 0.1) is 13.8 Å². The van der Waals surface area contributed by atoms with Crippen LogP contribution in [0.5, 0.6) is 5.75 Å². The summed E-state index contributed by atoms with van der Waals surface area (Å²) in [5, 5.41) is 2.83. The van der Waals surface area contributed by atoms with Crippen LogP contribution in [0.4, 0.5) is 11.4 Å². The van der Waals surface area contributed by atoms with Crippen molar-refractivity contribution in [3.63, 3.8) is 0 Å². The molecule has 0 fully saturated rings. The molecule has 0 unspecified atom stereocenters. The largest absolute Gasteiger partial charge is 0.492 e. The quantitative estimate of drug-likeness (QED) is 0.847. The first-order chi connectivity index (χ1) is 10.0. The number of nitrogens with two attached hydrogens (primary N) is 1. The number of pyridine rings is 1. The molecule has 0 saturated heterocycles. The van der Waals surface area contributed by atoms with Crippen molar-refractivity contribution >= 4 is 17.3 Å². The third-order valence-electron chi connectivity index (χ3n) is 3.05. The molecule has 1 amide bonds. The second-order valence-corrected chi connectivity index (χ2v) is 4.73. The van der Waals surface area contributed by atoms with Gasteiger partial charge in [-0.3, -0.25) is 9.78 Å². The molecule has 0 bridgehead atoms. The number of aromatic nitrogens is 1. The molecular formula is C16H19N3O2. The van der Waals surface area contributed by atoms with Crippen LogP contribution in [-0.4, -0.2) is 17.5 Å². The van der Waals surface area contributed by atoms with Gasteiger partial charge in [0.15, 0.2) is 0 Å². The lowest BCUT2D eigenvalue weighted by Gasteiger charge is -2.11. The molecular weight excluding hydrogens is 266 g/mol. The molecule has 5 nitrogen and oxygen atoms in total. The summed E-state index contributed by atoms with van der Waals surface area (Å²) in [5.41, 5.74) is 9.19. The predicted molar refractivity (Wildman–Crippen MR) is 83.7 cm³/mol. The molecule has 2 rings (SSSR count). The van der Waals surface area contributed by atoms with Crippen molar-refractivity contribution in [3.05, 3.63) is 47.3 Å². The van der Waals surface area contributed by atoms with E-state index in [1.807, 2.05) is 32.9 Å². The molecule has 0 saturated carbocycles. The predicted octanol–water partition coefficient (Wildman–Crippen LogP) is 2.93. The third kappa shape index (κ3) is 3.51. The summed E-state index contributed by atoms with van der Waals surface area (Å²) in [6, 6.07) is 8.70. The standard InChI is InChI=1S/C16H19N3O2/c1-4-21-15-8-6-12(9-13(15)17)16(20)19-14-7-5-10(2)18-11(14)3/h5-9H,4,17H2,1-3H3,(H,19,20). The van der Waals surface area contributed by atoms with E-state index in [2.05, 4.69) is 10.3 Å². The Morgan fingerprint density at radius 3 is 2.67 bits per heavy atom. The summed E-state index contributed by atoms with van der Waals surface area (Å²) in [5.74, 6) is 0.362. The van der Waals surface area contributed by atoms with Gasteiger partial charge in [-0.1, -0.05) is 0 Å². The van der Waals surface area contributed by atoms with E-state index in [0.29, 0.717) is 29.3 Å². The normalized spacial score (nSPS) is 10.2. The van der Waals surface area contributed by atoms with Crippen LogP contribution in [0.2, 0.25) is 0 Å². The Kier molecular flexibility index (Phi) is 4.42. The monoisotopic (exact) mass is 285 g/mol. The molecule has 0 aliphatic heterocycles. The van der Waals surface area contributed by atoms with E-state index in [-0.39, 0.29) is 5.91 Å². The molecule has 21 heavy (non-hydrogen) atoms. The van der Waals surface area contributed by atoms with Gasteiger partial charge in [0.25, 0.3) is 5.91 Å². The zero-order chi connectivity index (χ0) is 15.4. The average Bonchev–Trinajstić information content (AvgIpc) is 2.44. The summed E-state index contributed by atoms with van der Waals surface area (Å²) < 4.78 is 5.36. The summed E-state index contributed by atoms with van der Waals surface area (Å²) >= 11 is 0. The van der Waals surface area contributed by atoms with E-state index in [0.717, 1.165) is 11.4 Å². The minimum absolute atomic E-state index is 0.224. The fourth-order valence-electron chi connectivity index (χ4n) is 1.99. The number of carbonyl (C=O) groups is 1. The van der Waals surface area contributed by atoms with Crippen LogP contribution >= 0.6 is 0 Å². The number of nitrogens with zero attached hydrogens (tertiary/aromatic N) is 1. The van der Waals surface area contributed by atoms with Gasteiger partial charge in [0, 0.05) is 11.3 Å². The summed E-state index contributed by atoms with van der Waals surface area (Å²) in [4.78, 5) is 16.6. The van der Waals surface area contributed by atoms with Crippen LogP contribution in [0.15, 0.2) is 30.3 Å². The van der Waals surface area contributed by atoms with E-state index in [1.165, 1.54) is 0 Å². The Balaban J connectivity index is 2.18. The number of nitrogens with one attached hydrogen (secondary N) is 1. The fourth-order valence-corrected chi connectivity index (χ4v) is 1.99. The maximum Gasteiger partial charge on any atom is 0.255 e. The van der Waals surface area contributed by atoms with Crippen molar-refractivity contribution < 1.29 is 9.53 Å². The zero-order valence-electron chi connectivity index (χ0n) is 12.4. The van der Waals surface area contributed by atoms with Gasteiger partial charge < -0.3 is 15.8 Å². The summed E-state index contributed by atoms with van der Waals surface area (Å²) in [7, 11) is 0. The minimum Gasteiger partial charge on any atom is -0.492 e. The number of ether oxygens (including phenoxy) is 1. The number of amides is 1. The first-order valence-electron chi connectivity index (χ1n) is 6.79. The third-order valence-corrected chi connectivity index (χ3v) is 3.05. The Morgan fingerprint density at radius 1 is 1.29 bits per heavy atom. The van der Waals surface area contributed by atoms with Crippen LogP contribution in [0.1, 0.15) is 28.7 Å². The van der Waals surface area contributed by atoms with E-state index in [1.54, 1.807) is 18.2 Å². The van der Waals surface area contributed by atoms with Gasteiger partial charge in [-0.05, 0) is 51.1 Å². The fraction of sp³-hybridized carbons (Fsp3) is 0.250. The Hall–Kier alpha value is -2.56. The number of benzene rings is 1. The maximum atomic E-state index is 12.2. The lowest BCUT2D eigenvalue weighted by Crippen LogP contribution is -2.14. The van der Waals surface area contributed by atoms with Gasteiger partial charge in [0.2, 0.25) is 0 Å². The molecule has 1 aromatic carbocycles. The van der Waals surface area contributed by atoms with E-state index in [4.69, 9.17) is 10.5 Å². The highest BCUT2D eigenvalue weighted by atomic mass is 16.5. The van der Waals surface area contributed by atoms with Gasteiger partial charge in [0.1, 0.15) is 5.75 Å². The van der Waals surface area contributed by atoms with Gasteiger partial charge in [-0.25, -0.2) is 0 Å². The Morgan fingerprint density at radius 2 is 2.05 bits per heavy atom. The van der Waals surface area contributed by atoms with Crippen molar-refractivity contribution in [1.29, 1.82) is 0 Å². The van der Waals surface area contributed by atoms with Gasteiger partial charge in [-0.15, -0.1) is 0 Å². The second kappa shape index (κ2) is 6.26. The van der Waals surface area contributed by atoms with Gasteiger partial charge >= 0.3 is 0 Å². The molecule has 1 aromatic heterocycles. The number of hydrogen-bond donors (Lipinski definition) is 2. The van der Waals surface area contributed by atoms with E-state index in [9.17, 15) is 4.79 Å². The summed E-state index contributed by atoms with van der Waals surface area (Å²) in [6.45, 7) is 6.18. The maximum absolute atomic E-state index is 12.2. The molecule has 110 valence electrons. The molecule has 1 heterocycles. The van der Waals surface area contributed by atoms with Crippen LogP contribution in [0.25, 0.3) is 0 Å². The SMILES string of the molecule is CCOc1ccc(C(=O)Nc2ccc(C)nc2C)cc1N. The average molecular weight is 285 g/mol. The van der Waals surface area contributed by atoms with Crippen molar-refractivity contribution in [1.82, 2.24) is 4.98 Å². The van der Waals surface area contributed by atoms with Crippen molar-refractivity contribution in [2.75, 3.05) is 17.7 Å². The molecule has 2 aromatic rings. The molecule has 0 radical (unpaired) electrons. The zero-order valence-corrected chi connectivity index (χ0v) is 12.4. The number of anilines is 2. The highest BCUT2D eigenvalue weighted by Crippen LogP contribution is 2.23. The smallest absolute Gasteiger partial charge is 0.255 e. The highest BCUT2D eigenvalue weighted by Gasteiger charge is 2.10. The number of nitrogen functional groups attached to an aromatic ring is 1. The van der Waals surface area contributed by atoms with Crippen molar-refractivity contribution in [3.8, 4) is 5.75 Å². The van der Waals surface area contributed by atoms with Crippen molar-refractivity contribution in [2.45, 2.75) is 20.8 Å². The van der Waals surface area contributed by atoms with Gasteiger partial charge in [-0.2, -0.15) is 0 Å². The number of rotatable bonds is 4. The summed E-state index contributed by atoms with van der Waals surface area (Å²) in [6.07, 6.45) is 0. The molecule has 0 atom stereocenters. The Bertz CT molecular complexity index is 669. The second-order valence-electron chi connectivity index (χ2n) is 4.73. The minimum atomic E-state index is -0.224. The van der Waals surface area contributed by atoms with Gasteiger partial charge in [0.05, 0.1) is 23.7 Å². The highest BCUT2D eigenvalue weighted by molar-refractivity contribution is 6.05. The molecule has 0 spiro atoms. The lowest BCUT2D eigenvalue weighted by molar-refractivity contribution is 0.102. The molecule has 3 N–H and O–H groups in total. The molecule has 0 aliphatic rings. The van der Waals surface area contributed by atoms with Crippen LogP contribution in [0.3, 0.4) is 0 Å². The van der Waals surface area contributed by atoms with E-state index < -0.39 is 0 Å². The first kappa shape index (κ1) is 14.8. The molecule has 5 heteroatoms. The topological polar surface area (TPSA) is 77.2 Å². The number of aryl methyl sites for hydroxylation is 2. The molecule has 0 aliphatic carbocycles. The van der Waals surface area contributed by atoms with Crippen molar-refractivity contribution in [2.24, 2.45) is 0 Å². The van der Waals surface area contributed by atoms with Crippen LogP contribution in [-0.2, 0) is 0 Å². The lowest BCUT2D eigenvalue weighted by atomic mass is 10.1. The first-order valence-corrected chi connectivity index (χ1v) is 6.79. The van der Waals surface area contributed by atoms with Crippen LogP contribution < -0.4 is 15.8 Å².